The summed E-state index contributed by atoms with van der Waals surface area (Å²) in [5.41, 5.74) is 1.66. The van der Waals surface area contributed by atoms with E-state index in [2.05, 4.69) is 15.5 Å². The molecule has 0 unspecified atom stereocenters. The van der Waals surface area contributed by atoms with Crippen molar-refractivity contribution < 1.29 is 18.7 Å². The van der Waals surface area contributed by atoms with Crippen LogP contribution in [0.25, 0.3) is 11.5 Å². The first-order valence-electron chi connectivity index (χ1n) is 8.55. The van der Waals surface area contributed by atoms with Gasteiger partial charge in [0.2, 0.25) is 11.8 Å². The Bertz CT molecular complexity index is 890. The van der Waals surface area contributed by atoms with Crippen LogP contribution in [0, 0.1) is 0 Å². The second-order valence-corrected chi connectivity index (χ2v) is 5.83. The third-order valence-corrected chi connectivity index (χ3v) is 3.99. The van der Waals surface area contributed by atoms with Gasteiger partial charge in [0.25, 0.3) is 5.89 Å². The molecule has 0 spiro atoms. The maximum absolute atomic E-state index is 12.0. The van der Waals surface area contributed by atoms with Gasteiger partial charge in [0.05, 0.1) is 26.2 Å². The van der Waals surface area contributed by atoms with Crippen LogP contribution in [0.5, 0.6) is 11.5 Å². The van der Waals surface area contributed by atoms with Crippen LogP contribution in [0.3, 0.4) is 0 Å². The lowest BCUT2D eigenvalue weighted by Gasteiger charge is -2.05. The molecule has 7 nitrogen and oxygen atoms in total. The van der Waals surface area contributed by atoms with Crippen LogP contribution in [-0.4, -0.2) is 36.9 Å². The lowest BCUT2D eigenvalue weighted by atomic mass is 10.1. The van der Waals surface area contributed by atoms with E-state index >= 15 is 0 Å². The minimum Gasteiger partial charge on any atom is -0.497 e. The zero-order valence-corrected chi connectivity index (χ0v) is 15.3. The van der Waals surface area contributed by atoms with Crippen LogP contribution in [0.2, 0.25) is 0 Å². The molecule has 1 heterocycles. The van der Waals surface area contributed by atoms with E-state index in [1.54, 1.807) is 14.2 Å². The number of ether oxygens (including phenoxy) is 2. The van der Waals surface area contributed by atoms with E-state index in [0.717, 1.165) is 16.9 Å². The van der Waals surface area contributed by atoms with Gasteiger partial charge in [-0.15, -0.1) is 10.2 Å². The van der Waals surface area contributed by atoms with Crippen LogP contribution >= 0.6 is 0 Å². The maximum atomic E-state index is 12.0. The Kier molecular flexibility index (Phi) is 6.04. The summed E-state index contributed by atoms with van der Waals surface area (Å²) in [6.07, 6.45) is 0.761. The molecular formula is C20H21N3O4. The number of amides is 1. The largest absolute Gasteiger partial charge is 0.497 e. The molecule has 1 aromatic heterocycles. The normalized spacial score (nSPS) is 10.4. The molecule has 3 rings (SSSR count). The highest BCUT2D eigenvalue weighted by atomic mass is 16.5. The van der Waals surface area contributed by atoms with Crippen LogP contribution in [0.15, 0.2) is 52.9 Å². The van der Waals surface area contributed by atoms with E-state index in [4.69, 9.17) is 13.9 Å². The van der Waals surface area contributed by atoms with E-state index in [1.165, 1.54) is 0 Å². The number of nitrogens with zero attached hydrogens (tertiary/aromatic N) is 2. The molecule has 0 saturated carbocycles. The SMILES string of the molecule is COc1ccc(CC(=O)NCCc2nnc(-c3ccccc3OC)o2)cc1. The van der Waals surface area contributed by atoms with E-state index in [9.17, 15) is 4.79 Å². The van der Waals surface area contributed by atoms with Gasteiger partial charge in [0.15, 0.2) is 0 Å². The molecule has 0 radical (unpaired) electrons. The summed E-state index contributed by atoms with van der Waals surface area (Å²) in [6.45, 7) is 0.419. The molecule has 27 heavy (non-hydrogen) atoms. The quantitative estimate of drug-likeness (QED) is 0.659. The second kappa shape index (κ2) is 8.84. The summed E-state index contributed by atoms with van der Waals surface area (Å²) in [5, 5.41) is 10.9. The summed E-state index contributed by atoms with van der Waals surface area (Å²) in [7, 11) is 3.20. The summed E-state index contributed by atoms with van der Waals surface area (Å²) in [6, 6.07) is 14.8. The summed E-state index contributed by atoms with van der Waals surface area (Å²) in [5.74, 6) is 2.22. The molecule has 7 heteroatoms. The molecule has 0 fully saturated rings. The van der Waals surface area contributed by atoms with Crippen molar-refractivity contribution >= 4 is 5.91 Å². The number of para-hydroxylation sites is 1. The number of carbonyl (C=O) groups excluding carboxylic acids is 1. The zero-order chi connectivity index (χ0) is 19.1. The average molecular weight is 367 g/mol. The molecule has 0 aliphatic carbocycles. The number of carbonyl (C=O) groups is 1. The van der Waals surface area contributed by atoms with Gasteiger partial charge < -0.3 is 19.2 Å². The van der Waals surface area contributed by atoms with Crippen molar-refractivity contribution in [1.29, 1.82) is 0 Å². The summed E-state index contributed by atoms with van der Waals surface area (Å²) >= 11 is 0. The van der Waals surface area contributed by atoms with Crippen molar-refractivity contribution in [3.8, 4) is 23.0 Å². The fraction of sp³-hybridized carbons (Fsp3) is 0.250. The molecule has 0 atom stereocenters. The fourth-order valence-electron chi connectivity index (χ4n) is 2.58. The maximum Gasteiger partial charge on any atom is 0.251 e. The Balaban J connectivity index is 1.50. The van der Waals surface area contributed by atoms with E-state index in [0.29, 0.717) is 36.9 Å². The number of rotatable bonds is 8. The van der Waals surface area contributed by atoms with Crippen molar-refractivity contribution in [2.75, 3.05) is 20.8 Å². The first-order valence-corrected chi connectivity index (χ1v) is 8.55. The lowest BCUT2D eigenvalue weighted by molar-refractivity contribution is -0.120. The van der Waals surface area contributed by atoms with Crippen molar-refractivity contribution in [3.05, 3.63) is 60.0 Å². The summed E-state index contributed by atoms with van der Waals surface area (Å²) < 4.78 is 16.1. The van der Waals surface area contributed by atoms with Gasteiger partial charge in [-0.2, -0.15) is 0 Å². The van der Waals surface area contributed by atoms with Crippen LogP contribution in [-0.2, 0) is 17.6 Å². The molecule has 2 aromatic carbocycles. The average Bonchev–Trinajstić information content (AvgIpc) is 3.17. The molecule has 1 N–H and O–H groups in total. The highest BCUT2D eigenvalue weighted by molar-refractivity contribution is 5.78. The van der Waals surface area contributed by atoms with Crippen LogP contribution in [0.1, 0.15) is 11.5 Å². The predicted octanol–water partition coefficient (Wildman–Crippen LogP) is 2.66. The smallest absolute Gasteiger partial charge is 0.251 e. The third kappa shape index (κ3) is 4.84. The molecule has 0 bridgehead atoms. The monoisotopic (exact) mass is 367 g/mol. The van der Waals surface area contributed by atoms with E-state index in [-0.39, 0.29) is 5.91 Å². The molecule has 0 saturated heterocycles. The number of hydrogen-bond acceptors (Lipinski definition) is 6. The Hall–Kier alpha value is -3.35. The van der Waals surface area contributed by atoms with Crippen molar-refractivity contribution in [1.82, 2.24) is 15.5 Å². The van der Waals surface area contributed by atoms with Crippen molar-refractivity contribution in [2.24, 2.45) is 0 Å². The van der Waals surface area contributed by atoms with Gasteiger partial charge in [-0.25, -0.2) is 0 Å². The Morgan fingerprint density at radius 1 is 1.04 bits per heavy atom. The lowest BCUT2D eigenvalue weighted by Crippen LogP contribution is -2.27. The highest BCUT2D eigenvalue weighted by Crippen LogP contribution is 2.28. The Labute approximate surface area is 157 Å². The molecule has 0 aliphatic rings. The van der Waals surface area contributed by atoms with Crippen molar-refractivity contribution in [2.45, 2.75) is 12.8 Å². The third-order valence-electron chi connectivity index (χ3n) is 3.99. The van der Waals surface area contributed by atoms with Gasteiger partial charge in [-0.3, -0.25) is 4.79 Å². The predicted molar refractivity (Wildman–Crippen MR) is 99.7 cm³/mol. The van der Waals surface area contributed by atoms with Gasteiger partial charge in [0, 0.05) is 13.0 Å². The van der Waals surface area contributed by atoms with Gasteiger partial charge in [-0.1, -0.05) is 24.3 Å². The fourth-order valence-corrected chi connectivity index (χ4v) is 2.58. The van der Waals surface area contributed by atoms with Gasteiger partial charge in [0.1, 0.15) is 11.5 Å². The minimum atomic E-state index is -0.0652. The van der Waals surface area contributed by atoms with Crippen molar-refractivity contribution in [3.63, 3.8) is 0 Å². The van der Waals surface area contributed by atoms with E-state index < -0.39 is 0 Å². The molecule has 1 amide bonds. The van der Waals surface area contributed by atoms with Crippen LogP contribution < -0.4 is 14.8 Å². The highest BCUT2D eigenvalue weighted by Gasteiger charge is 2.13. The Morgan fingerprint density at radius 3 is 2.56 bits per heavy atom. The van der Waals surface area contributed by atoms with E-state index in [1.807, 2.05) is 48.5 Å². The molecular weight excluding hydrogens is 346 g/mol. The van der Waals surface area contributed by atoms with Gasteiger partial charge in [-0.05, 0) is 29.8 Å². The number of hydrogen-bond donors (Lipinski definition) is 1. The molecule has 140 valence electrons. The van der Waals surface area contributed by atoms with Crippen LogP contribution in [0.4, 0.5) is 0 Å². The number of aromatic nitrogens is 2. The number of nitrogens with one attached hydrogen (secondary N) is 1. The standard InChI is InChI=1S/C20H21N3O4/c1-25-15-9-7-14(8-10-15)13-18(24)21-12-11-19-22-23-20(27-19)16-5-3-4-6-17(16)26-2/h3-10H,11-13H2,1-2H3,(H,21,24). The molecule has 3 aromatic rings. The Morgan fingerprint density at radius 2 is 1.81 bits per heavy atom. The summed E-state index contributed by atoms with van der Waals surface area (Å²) in [4.78, 5) is 12.0. The number of benzene rings is 2. The zero-order valence-electron chi connectivity index (χ0n) is 15.3. The minimum absolute atomic E-state index is 0.0652. The molecule has 0 aliphatic heterocycles. The number of methoxy groups -OCH3 is 2. The van der Waals surface area contributed by atoms with Gasteiger partial charge >= 0.3 is 0 Å². The first kappa shape index (κ1) is 18.4. The first-order chi connectivity index (χ1) is 13.2. The topological polar surface area (TPSA) is 86.5 Å². The second-order valence-electron chi connectivity index (χ2n) is 5.83.